The molecule has 0 saturated carbocycles. The topological polar surface area (TPSA) is 53.8 Å². The van der Waals surface area contributed by atoms with Gasteiger partial charge in [0, 0.05) is 11.2 Å². The summed E-state index contributed by atoms with van der Waals surface area (Å²) in [6.45, 7) is 0. The second-order valence-corrected chi connectivity index (χ2v) is 4.67. The van der Waals surface area contributed by atoms with Crippen LogP contribution in [0.3, 0.4) is 0 Å². The Hall–Kier alpha value is -1.70. The minimum atomic E-state index is -0.825. The molecule has 0 bridgehead atoms. The van der Waals surface area contributed by atoms with Gasteiger partial charge in [0.2, 0.25) is 0 Å². The van der Waals surface area contributed by atoms with E-state index < -0.39 is 5.92 Å². The predicted molar refractivity (Wildman–Crippen MR) is 66.3 cm³/mol. The molecule has 17 heavy (non-hydrogen) atoms. The summed E-state index contributed by atoms with van der Waals surface area (Å²) in [5, 5.41) is 9.62. The van der Waals surface area contributed by atoms with Gasteiger partial charge in [-0.2, -0.15) is 5.26 Å². The Bertz CT molecular complexity index is 574. The van der Waals surface area contributed by atoms with Crippen LogP contribution < -0.4 is 0 Å². The summed E-state index contributed by atoms with van der Waals surface area (Å²) >= 11 is 7.07. The molecule has 84 valence electrons. The molecule has 3 nitrogen and oxygen atoms in total. The lowest BCUT2D eigenvalue weighted by atomic mass is 9.95. The average molecular weight is 263 g/mol. The van der Waals surface area contributed by atoms with Gasteiger partial charge in [-0.25, -0.2) is 0 Å². The zero-order valence-electron chi connectivity index (χ0n) is 8.63. The molecule has 0 amide bonds. The zero-order valence-corrected chi connectivity index (χ0v) is 10.2. The second kappa shape index (κ2) is 5.09. The number of ketones is 1. The summed E-state index contributed by atoms with van der Waals surface area (Å²) in [5.74, 6) is -1.06. The van der Waals surface area contributed by atoms with Crippen LogP contribution in [0.4, 0.5) is 0 Å². The summed E-state index contributed by atoms with van der Waals surface area (Å²) in [6, 6.07) is 8.79. The first-order valence-corrected chi connectivity index (χ1v) is 6.06. The van der Waals surface area contributed by atoms with Gasteiger partial charge in [-0.05, 0) is 17.7 Å². The number of hydrogen-bond donors (Lipinski definition) is 0. The highest BCUT2D eigenvalue weighted by Crippen LogP contribution is 2.24. The van der Waals surface area contributed by atoms with Crippen molar-refractivity contribution in [3.8, 4) is 6.07 Å². The zero-order chi connectivity index (χ0) is 12.3. The summed E-state index contributed by atoms with van der Waals surface area (Å²) < 4.78 is 0. The van der Waals surface area contributed by atoms with Gasteiger partial charge in [-0.3, -0.25) is 9.78 Å². The number of halogens is 1. The molecule has 0 radical (unpaired) electrons. The molecular formula is C12H7ClN2OS. The largest absolute Gasteiger partial charge is 0.291 e. The maximum atomic E-state index is 12.1. The third-order valence-electron chi connectivity index (χ3n) is 2.25. The van der Waals surface area contributed by atoms with Crippen LogP contribution in [-0.4, -0.2) is 10.8 Å². The van der Waals surface area contributed by atoms with Crippen LogP contribution in [0.25, 0.3) is 0 Å². The van der Waals surface area contributed by atoms with Crippen molar-refractivity contribution in [1.82, 2.24) is 4.98 Å². The van der Waals surface area contributed by atoms with Crippen LogP contribution in [0.5, 0.6) is 0 Å². The normalized spacial score (nSPS) is 11.8. The van der Waals surface area contributed by atoms with Crippen LogP contribution in [0.15, 0.2) is 36.0 Å². The minimum Gasteiger partial charge on any atom is -0.291 e. The number of rotatable bonds is 3. The van der Waals surface area contributed by atoms with Crippen molar-refractivity contribution >= 4 is 28.7 Å². The van der Waals surface area contributed by atoms with Crippen molar-refractivity contribution in [2.24, 2.45) is 0 Å². The first-order chi connectivity index (χ1) is 8.22. The van der Waals surface area contributed by atoms with Gasteiger partial charge in [0.15, 0.2) is 5.78 Å². The Balaban J connectivity index is 2.35. The van der Waals surface area contributed by atoms with Crippen molar-refractivity contribution in [2.45, 2.75) is 5.92 Å². The van der Waals surface area contributed by atoms with E-state index in [1.165, 1.54) is 17.5 Å². The van der Waals surface area contributed by atoms with Crippen LogP contribution in [0.1, 0.15) is 21.2 Å². The summed E-state index contributed by atoms with van der Waals surface area (Å²) in [5.41, 5.74) is 2.18. The number of hydrogen-bond acceptors (Lipinski definition) is 4. The number of nitrogens with zero attached hydrogens (tertiary/aromatic N) is 2. The molecule has 0 aliphatic carbocycles. The maximum absolute atomic E-state index is 12.1. The van der Waals surface area contributed by atoms with Crippen LogP contribution in [0, 0.1) is 11.3 Å². The highest BCUT2D eigenvalue weighted by molar-refractivity contribution is 7.11. The molecular weight excluding hydrogens is 256 g/mol. The van der Waals surface area contributed by atoms with E-state index in [4.69, 9.17) is 16.9 Å². The Labute approximate surface area is 107 Å². The predicted octanol–water partition coefficient (Wildman–Crippen LogP) is 3.29. The smallest absolute Gasteiger partial charge is 0.195 e. The molecule has 1 atom stereocenters. The molecule has 0 fully saturated rings. The fraction of sp³-hybridized carbons (Fsp3) is 0.0833. The van der Waals surface area contributed by atoms with Crippen molar-refractivity contribution in [3.63, 3.8) is 0 Å². The molecule has 0 aliphatic heterocycles. The fourth-order valence-electron chi connectivity index (χ4n) is 1.45. The lowest BCUT2D eigenvalue weighted by molar-refractivity contribution is 0.0982. The van der Waals surface area contributed by atoms with Crippen molar-refractivity contribution < 1.29 is 4.79 Å². The number of carbonyl (C=O) groups is 1. The molecule has 0 aliphatic rings. The van der Waals surface area contributed by atoms with Gasteiger partial charge in [-0.1, -0.05) is 23.7 Å². The van der Waals surface area contributed by atoms with Crippen molar-refractivity contribution in [2.75, 3.05) is 0 Å². The highest BCUT2D eigenvalue weighted by Gasteiger charge is 2.22. The molecule has 1 aromatic heterocycles. The fourth-order valence-corrected chi connectivity index (χ4v) is 2.24. The van der Waals surface area contributed by atoms with Gasteiger partial charge in [0.25, 0.3) is 0 Å². The molecule has 2 rings (SSSR count). The number of nitriles is 1. The number of Topliss-reactive ketones (excluding diaryl/α,β-unsaturated/α-hetero) is 1. The maximum Gasteiger partial charge on any atom is 0.195 e. The first kappa shape index (κ1) is 11.8. The number of carbonyl (C=O) groups excluding carboxylic acids is 1. The van der Waals surface area contributed by atoms with Crippen molar-refractivity contribution in [1.29, 1.82) is 5.26 Å². The van der Waals surface area contributed by atoms with Gasteiger partial charge < -0.3 is 0 Å². The van der Waals surface area contributed by atoms with E-state index in [1.807, 2.05) is 6.07 Å². The van der Waals surface area contributed by atoms with E-state index in [0.717, 1.165) is 0 Å². The minimum absolute atomic E-state index is 0.239. The molecule has 1 heterocycles. The highest BCUT2D eigenvalue weighted by atomic mass is 35.5. The van der Waals surface area contributed by atoms with Gasteiger partial charge in [-0.15, -0.1) is 11.3 Å². The SMILES string of the molecule is N#CC(C(=O)c1cncs1)c1cccc(Cl)c1. The van der Waals surface area contributed by atoms with Crippen molar-refractivity contribution in [3.05, 3.63) is 51.4 Å². The average Bonchev–Trinajstić information content (AvgIpc) is 2.83. The monoisotopic (exact) mass is 262 g/mol. The quantitative estimate of drug-likeness (QED) is 0.798. The second-order valence-electron chi connectivity index (χ2n) is 3.35. The summed E-state index contributed by atoms with van der Waals surface area (Å²) in [7, 11) is 0. The van der Waals surface area contributed by atoms with E-state index in [2.05, 4.69) is 4.98 Å². The van der Waals surface area contributed by atoms with Gasteiger partial charge in [0.1, 0.15) is 5.92 Å². The first-order valence-electron chi connectivity index (χ1n) is 4.80. The molecule has 0 N–H and O–H groups in total. The lowest BCUT2D eigenvalue weighted by Gasteiger charge is -2.06. The Kier molecular flexibility index (Phi) is 3.52. The van der Waals surface area contributed by atoms with E-state index in [0.29, 0.717) is 15.5 Å². The van der Waals surface area contributed by atoms with E-state index >= 15 is 0 Å². The molecule has 1 unspecified atom stereocenters. The number of aromatic nitrogens is 1. The number of thiazole rings is 1. The summed E-state index contributed by atoms with van der Waals surface area (Å²) in [4.78, 5) is 16.4. The number of benzene rings is 1. The van der Waals surface area contributed by atoms with E-state index in [-0.39, 0.29) is 5.78 Å². The molecule has 2 aromatic rings. The molecule has 1 aromatic carbocycles. The summed E-state index contributed by atoms with van der Waals surface area (Å²) in [6.07, 6.45) is 1.47. The lowest BCUT2D eigenvalue weighted by Crippen LogP contribution is -2.09. The van der Waals surface area contributed by atoms with Gasteiger partial charge in [0.05, 0.1) is 16.5 Å². The Morgan fingerprint density at radius 3 is 2.94 bits per heavy atom. The molecule has 5 heteroatoms. The van der Waals surface area contributed by atoms with Gasteiger partial charge >= 0.3 is 0 Å². The Morgan fingerprint density at radius 2 is 2.35 bits per heavy atom. The van der Waals surface area contributed by atoms with E-state index in [1.54, 1.807) is 29.8 Å². The van der Waals surface area contributed by atoms with Crippen LogP contribution in [-0.2, 0) is 0 Å². The van der Waals surface area contributed by atoms with Crippen LogP contribution >= 0.6 is 22.9 Å². The Morgan fingerprint density at radius 1 is 1.53 bits per heavy atom. The molecule has 0 saturated heterocycles. The third-order valence-corrected chi connectivity index (χ3v) is 3.27. The molecule has 0 spiro atoms. The standard InChI is InChI=1S/C12H7ClN2OS/c13-9-3-1-2-8(4-9)10(5-14)12(16)11-6-15-7-17-11/h1-4,6-7,10H. The van der Waals surface area contributed by atoms with E-state index in [9.17, 15) is 4.79 Å². The third kappa shape index (κ3) is 2.52. The van der Waals surface area contributed by atoms with Crippen LogP contribution in [0.2, 0.25) is 5.02 Å².